The van der Waals surface area contributed by atoms with Crippen LogP contribution >= 0.6 is 23.2 Å². The normalized spacial score (nSPS) is 13.4. The largest absolute Gasteiger partial charge is 0.0843 e. The van der Waals surface area contributed by atoms with Crippen molar-refractivity contribution in [1.29, 1.82) is 0 Å². The summed E-state index contributed by atoms with van der Waals surface area (Å²) in [6.45, 7) is 4.23. The smallest absolute Gasteiger partial charge is 0.0444 e. The third-order valence-corrected chi connectivity index (χ3v) is 3.72. The van der Waals surface area contributed by atoms with Crippen LogP contribution in [-0.4, -0.2) is 0 Å². The van der Waals surface area contributed by atoms with Crippen LogP contribution in [0.1, 0.15) is 29.5 Å². The summed E-state index contributed by atoms with van der Waals surface area (Å²) in [5, 5.41) is 1.48. The summed E-state index contributed by atoms with van der Waals surface area (Å²) in [5.41, 5.74) is 3.52. The van der Waals surface area contributed by atoms with Gasteiger partial charge in [0.2, 0.25) is 0 Å². The molecule has 2 heteroatoms. The lowest BCUT2D eigenvalue weighted by molar-refractivity contribution is 0.970. The molecule has 2 aromatic rings. The van der Waals surface area contributed by atoms with Gasteiger partial charge in [-0.3, -0.25) is 0 Å². The average molecular weight is 291 g/mol. The van der Waals surface area contributed by atoms with Gasteiger partial charge in [-0.2, -0.15) is 0 Å². The SMILES string of the molecule is Cc1ccc(C(C)C=C(Cl)c2ccc(Cl)cc2)cc1. The van der Waals surface area contributed by atoms with Crippen LogP contribution < -0.4 is 0 Å². The predicted octanol–water partition coefficient (Wildman–Crippen LogP) is 6.03. The maximum absolute atomic E-state index is 6.35. The molecule has 0 spiro atoms. The zero-order valence-electron chi connectivity index (χ0n) is 11.0. The van der Waals surface area contributed by atoms with E-state index in [4.69, 9.17) is 23.2 Å². The van der Waals surface area contributed by atoms with Crippen LogP contribution in [0, 0.1) is 6.92 Å². The summed E-state index contributed by atoms with van der Waals surface area (Å²) in [6.07, 6.45) is 2.06. The van der Waals surface area contributed by atoms with E-state index >= 15 is 0 Å². The Morgan fingerprint density at radius 1 is 1.00 bits per heavy atom. The molecule has 0 saturated carbocycles. The summed E-state index contributed by atoms with van der Waals surface area (Å²) in [6, 6.07) is 16.1. The molecule has 1 unspecified atom stereocenters. The van der Waals surface area contributed by atoms with Crippen molar-refractivity contribution in [2.45, 2.75) is 19.8 Å². The first-order chi connectivity index (χ1) is 9.06. The van der Waals surface area contributed by atoms with Gasteiger partial charge in [-0.1, -0.05) is 78.2 Å². The fourth-order valence-electron chi connectivity index (χ4n) is 1.89. The van der Waals surface area contributed by atoms with E-state index < -0.39 is 0 Å². The Labute approximate surface area is 124 Å². The first-order valence-corrected chi connectivity index (χ1v) is 7.01. The van der Waals surface area contributed by atoms with Crippen molar-refractivity contribution >= 4 is 28.2 Å². The van der Waals surface area contributed by atoms with Crippen molar-refractivity contribution in [2.75, 3.05) is 0 Å². The Bertz CT molecular complexity index is 565. The fraction of sp³-hybridized carbons (Fsp3) is 0.176. The van der Waals surface area contributed by atoms with Crippen molar-refractivity contribution in [2.24, 2.45) is 0 Å². The fourth-order valence-corrected chi connectivity index (χ4v) is 2.33. The highest BCUT2D eigenvalue weighted by atomic mass is 35.5. The number of hydrogen-bond donors (Lipinski definition) is 0. The molecule has 0 aliphatic rings. The van der Waals surface area contributed by atoms with Crippen LogP contribution in [0.15, 0.2) is 54.6 Å². The van der Waals surface area contributed by atoms with Crippen molar-refractivity contribution in [3.05, 3.63) is 76.3 Å². The molecule has 0 bridgehead atoms. The van der Waals surface area contributed by atoms with Crippen molar-refractivity contribution in [3.63, 3.8) is 0 Å². The lowest BCUT2D eigenvalue weighted by Gasteiger charge is -2.09. The molecule has 98 valence electrons. The van der Waals surface area contributed by atoms with Crippen molar-refractivity contribution in [3.8, 4) is 0 Å². The molecule has 1 atom stereocenters. The molecule has 0 radical (unpaired) electrons. The number of hydrogen-bond acceptors (Lipinski definition) is 0. The molecule has 2 aromatic carbocycles. The van der Waals surface area contributed by atoms with Gasteiger partial charge >= 0.3 is 0 Å². The lowest BCUT2D eigenvalue weighted by atomic mass is 9.99. The second-order valence-corrected chi connectivity index (χ2v) is 5.56. The highest BCUT2D eigenvalue weighted by Crippen LogP contribution is 2.26. The van der Waals surface area contributed by atoms with Crippen LogP contribution in [0.2, 0.25) is 5.02 Å². The number of aryl methyl sites for hydroxylation is 1. The van der Waals surface area contributed by atoms with E-state index in [2.05, 4.69) is 44.2 Å². The topological polar surface area (TPSA) is 0 Å². The van der Waals surface area contributed by atoms with Crippen LogP contribution in [0.5, 0.6) is 0 Å². The lowest BCUT2D eigenvalue weighted by Crippen LogP contribution is -1.90. The van der Waals surface area contributed by atoms with Gasteiger partial charge in [0.15, 0.2) is 0 Å². The van der Waals surface area contributed by atoms with Crippen LogP contribution in [0.3, 0.4) is 0 Å². The van der Waals surface area contributed by atoms with Gasteiger partial charge in [0, 0.05) is 16.0 Å². The van der Waals surface area contributed by atoms with Gasteiger partial charge in [0.1, 0.15) is 0 Å². The summed E-state index contributed by atoms with van der Waals surface area (Å²) in [5.74, 6) is 0.281. The number of rotatable bonds is 3. The van der Waals surface area contributed by atoms with E-state index in [9.17, 15) is 0 Å². The van der Waals surface area contributed by atoms with E-state index in [-0.39, 0.29) is 5.92 Å². The van der Waals surface area contributed by atoms with Gasteiger partial charge in [0.25, 0.3) is 0 Å². The molecular formula is C17H16Cl2. The summed E-state index contributed by atoms with van der Waals surface area (Å²) in [4.78, 5) is 0. The molecule has 0 aliphatic carbocycles. The second kappa shape index (κ2) is 6.27. The second-order valence-electron chi connectivity index (χ2n) is 4.72. The van der Waals surface area contributed by atoms with Crippen LogP contribution in [0.4, 0.5) is 0 Å². The van der Waals surface area contributed by atoms with E-state index in [0.717, 1.165) is 15.6 Å². The van der Waals surface area contributed by atoms with Gasteiger partial charge < -0.3 is 0 Å². The maximum atomic E-state index is 6.35. The predicted molar refractivity (Wildman–Crippen MR) is 84.9 cm³/mol. The molecule has 0 nitrogen and oxygen atoms in total. The molecule has 0 N–H and O–H groups in total. The minimum absolute atomic E-state index is 0.281. The minimum Gasteiger partial charge on any atom is -0.0843 e. The Morgan fingerprint density at radius 3 is 2.16 bits per heavy atom. The standard InChI is InChI=1S/C17H16Cl2/c1-12-3-5-14(6-4-12)13(2)11-17(19)15-7-9-16(18)10-8-15/h3-11,13H,1-2H3. The Balaban J connectivity index is 2.20. The van der Waals surface area contributed by atoms with E-state index in [1.165, 1.54) is 11.1 Å². The van der Waals surface area contributed by atoms with Gasteiger partial charge in [-0.15, -0.1) is 0 Å². The first kappa shape index (κ1) is 14.2. The maximum Gasteiger partial charge on any atom is 0.0444 e. The highest BCUT2D eigenvalue weighted by molar-refractivity contribution is 6.48. The third-order valence-electron chi connectivity index (χ3n) is 3.12. The number of benzene rings is 2. The van der Waals surface area contributed by atoms with E-state index in [0.29, 0.717) is 0 Å². The Hall–Kier alpha value is -1.24. The number of halogens is 2. The summed E-state index contributed by atoms with van der Waals surface area (Å²) < 4.78 is 0. The zero-order chi connectivity index (χ0) is 13.8. The summed E-state index contributed by atoms with van der Waals surface area (Å²) in [7, 11) is 0. The molecular weight excluding hydrogens is 275 g/mol. The van der Waals surface area contributed by atoms with Crippen LogP contribution in [0.25, 0.3) is 5.03 Å². The Kier molecular flexibility index (Phi) is 4.68. The summed E-state index contributed by atoms with van der Waals surface area (Å²) >= 11 is 12.2. The van der Waals surface area contributed by atoms with E-state index in [1.54, 1.807) is 0 Å². The van der Waals surface area contributed by atoms with Gasteiger partial charge in [0.05, 0.1) is 0 Å². The van der Waals surface area contributed by atoms with Crippen LogP contribution in [-0.2, 0) is 0 Å². The number of allylic oxidation sites excluding steroid dienone is 1. The zero-order valence-corrected chi connectivity index (χ0v) is 12.5. The highest BCUT2D eigenvalue weighted by Gasteiger charge is 2.05. The van der Waals surface area contributed by atoms with E-state index in [1.807, 2.05) is 24.3 Å². The molecule has 0 aromatic heterocycles. The molecule has 19 heavy (non-hydrogen) atoms. The van der Waals surface area contributed by atoms with Crippen molar-refractivity contribution < 1.29 is 0 Å². The van der Waals surface area contributed by atoms with Gasteiger partial charge in [-0.05, 0) is 30.2 Å². The average Bonchev–Trinajstić information content (AvgIpc) is 2.40. The molecule has 0 amide bonds. The first-order valence-electron chi connectivity index (χ1n) is 6.26. The quantitative estimate of drug-likeness (QED) is 0.647. The molecule has 0 saturated heterocycles. The molecule has 2 rings (SSSR count). The monoisotopic (exact) mass is 290 g/mol. The molecule has 0 fully saturated rings. The minimum atomic E-state index is 0.281. The Morgan fingerprint density at radius 2 is 1.58 bits per heavy atom. The third kappa shape index (κ3) is 3.86. The van der Waals surface area contributed by atoms with Gasteiger partial charge in [-0.25, -0.2) is 0 Å². The van der Waals surface area contributed by atoms with Crippen molar-refractivity contribution in [1.82, 2.24) is 0 Å². The molecule has 0 heterocycles. The molecule has 0 aliphatic heterocycles.